The highest BCUT2D eigenvalue weighted by Gasteiger charge is 2.33. The fourth-order valence-corrected chi connectivity index (χ4v) is 4.05. The van der Waals surface area contributed by atoms with Gasteiger partial charge in [0, 0.05) is 39.3 Å². The summed E-state index contributed by atoms with van der Waals surface area (Å²) in [5.74, 6) is 0.279. The van der Waals surface area contributed by atoms with Gasteiger partial charge in [-0.25, -0.2) is 0 Å². The third-order valence-electron chi connectivity index (χ3n) is 5.39. The van der Waals surface area contributed by atoms with E-state index in [4.69, 9.17) is 9.47 Å². The Morgan fingerprint density at radius 2 is 1.92 bits per heavy atom. The number of morpholine rings is 1. The Kier molecular flexibility index (Phi) is 6.45. The molecule has 0 N–H and O–H groups in total. The van der Waals surface area contributed by atoms with E-state index < -0.39 is 0 Å². The number of likely N-dealkylation sites (tertiary alicyclic amines) is 1. The van der Waals surface area contributed by atoms with Crippen LogP contribution in [0.15, 0.2) is 30.3 Å². The summed E-state index contributed by atoms with van der Waals surface area (Å²) in [5.41, 5.74) is 1.32. The van der Waals surface area contributed by atoms with Gasteiger partial charge in [0.1, 0.15) is 0 Å². The highest BCUT2D eigenvalue weighted by molar-refractivity contribution is 5.72. The summed E-state index contributed by atoms with van der Waals surface area (Å²) in [5, 5.41) is 0. The van der Waals surface area contributed by atoms with Crippen LogP contribution in [0.2, 0.25) is 0 Å². The number of methoxy groups -OCH3 is 1. The molecule has 2 aliphatic heterocycles. The van der Waals surface area contributed by atoms with E-state index in [2.05, 4.69) is 41.0 Å². The predicted octanol–water partition coefficient (Wildman–Crippen LogP) is 1.99. The summed E-state index contributed by atoms with van der Waals surface area (Å²) in [7, 11) is 1.49. The number of ether oxygens (including phenoxy) is 2. The van der Waals surface area contributed by atoms with Crippen LogP contribution in [-0.2, 0) is 14.3 Å². The molecule has 25 heavy (non-hydrogen) atoms. The summed E-state index contributed by atoms with van der Waals surface area (Å²) in [6.07, 6.45) is 1.19. The summed E-state index contributed by atoms with van der Waals surface area (Å²) in [4.78, 5) is 17.1. The lowest BCUT2D eigenvalue weighted by Crippen LogP contribution is -2.48. The number of hydrogen-bond acceptors (Lipinski definition) is 5. The molecule has 2 saturated heterocycles. The van der Waals surface area contributed by atoms with Crippen molar-refractivity contribution in [2.75, 3.05) is 53.0 Å². The van der Waals surface area contributed by atoms with Gasteiger partial charge in [0.15, 0.2) is 0 Å². The standard InChI is InChI=1S/C20H30N2O3/c1-16-13-21(10-11-25-16)8-9-22-14-18(17-6-4-3-5-7-17)12-19(15-22)20(23)24-2/h3-7,16,18-19H,8-15H2,1-2H3/t16-,18-,19-/m1/s1. The normalized spacial score (nSPS) is 28.6. The molecule has 0 saturated carbocycles. The fourth-order valence-electron chi connectivity index (χ4n) is 4.05. The molecule has 138 valence electrons. The summed E-state index contributed by atoms with van der Waals surface area (Å²) in [6, 6.07) is 10.5. The van der Waals surface area contributed by atoms with Crippen molar-refractivity contribution in [3.63, 3.8) is 0 Å². The SMILES string of the molecule is COC(=O)[C@@H]1C[C@@H](c2ccccc2)CN(CCN2CCO[C@H](C)C2)C1. The van der Waals surface area contributed by atoms with Crippen LogP contribution in [0.5, 0.6) is 0 Å². The minimum atomic E-state index is -0.0781. The average Bonchev–Trinajstić information content (AvgIpc) is 2.66. The Morgan fingerprint density at radius 1 is 1.16 bits per heavy atom. The van der Waals surface area contributed by atoms with Crippen LogP contribution in [0.4, 0.5) is 0 Å². The molecule has 0 aromatic heterocycles. The minimum Gasteiger partial charge on any atom is -0.469 e. The fraction of sp³-hybridized carbons (Fsp3) is 0.650. The second-order valence-electron chi connectivity index (χ2n) is 7.30. The Balaban J connectivity index is 1.62. The number of carbonyl (C=O) groups is 1. The van der Waals surface area contributed by atoms with Crippen LogP contribution in [0, 0.1) is 5.92 Å². The van der Waals surface area contributed by atoms with E-state index in [1.165, 1.54) is 12.7 Å². The molecular weight excluding hydrogens is 316 g/mol. The van der Waals surface area contributed by atoms with E-state index in [-0.39, 0.29) is 11.9 Å². The molecule has 3 atom stereocenters. The molecule has 5 nitrogen and oxygen atoms in total. The third kappa shape index (κ3) is 5.03. The number of hydrogen-bond donors (Lipinski definition) is 0. The lowest BCUT2D eigenvalue weighted by Gasteiger charge is -2.39. The maximum atomic E-state index is 12.2. The van der Waals surface area contributed by atoms with Crippen molar-refractivity contribution in [1.29, 1.82) is 0 Å². The zero-order chi connectivity index (χ0) is 17.6. The van der Waals surface area contributed by atoms with Gasteiger partial charge in [-0.1, -0.05) is 30.3 Å². The minimum absolute atomic E-state index is 0.0347. The zero-order valence-electron chi connectivity index (χ0n) is 15.4. The van der Waals surface area contributed by atoms with E-state index in [9.17, 15) is 4.79 Å². The van der Waals surface area contributed by atoms with Gasteiger partial charge >= 0.3 is 5.97 Å². The summed E-state index contributed by atoms with van der Waals surface area (Å²) in [6.45, 7) is 8.78. The predicted molar refractivity (Wildman–Crippen MR) is 97.6 cm³/mol. The quantitative estimate of drug-likeness (QED) is 0.763. The smallest absolute Gasteiger partial charge is 0.309 e. The number of nitrogens with zero attached hydrogens (tertiary/aromatic N) is 2. The largest absolute Gasteiger partial charge is 0.469 e. The van der Waals surface area contributed by atoms with Crippen molar-refractivity contribution < 1.29 is 14.3 Å². The second kappa shape index (κ2) is 8.79. The second-order valence-corrected chi connectivity index (χ2v) is 7.30. The first-order valence-corrected chi connectivity index (χ1v) is 9.34. The van der Waals surface area contributed by atoms with E-state index in [0.29, 0.717) is 12.0 Å². The highest BCUT2D eigenvalue weighted by Crippen LogP contribution is 2.30. The van der Waals surface area contributed by atoms with Crippen LogP contribution in [0.25, 0.3) is 0 Å². The Morgan fingerprint density at radius 3 is 2.64 bits per heavy atom. The lowest BCUT2D eigenvalue weighted by molar-refractivity contribution is -0.147. The van der Waals surface area contributed by atoms with Gasteiger partial charge in [0.2, 0.25) is 0 Å². The number of piperidine rings is 1. The van der Waals surface area contributed by atoms with Crippen LogP contribution in [-0.4, -0.2) is 74.9 Å². The van der Waals surface area contributed by atoms with Crippen molar-refractivity contribution in [3.05, 3.63) is 35.9 Å². The lowest BCUT2D eigenvalue weighted by atomic mass is 9.84. The molecular formula is C20H30N2O3. The van der Waals surface area contributed by atoms with E-state index in [1.807, 2.05) is 6.07 Å². The topological polar surface area (TPSA) is 42.0 Å². The summed E-state index contributed by atoms with van der Waals surface area (Å²) < 4.78 is 10.7. The first-order chi connectivity index (χ1) is 12.2. The molecule has 1 aromatic rings. The number of carbonyl (C=O) groups excluding carboxylic acids is 1. The van der Waals surface area contributed by atoms with Crippen LogP contribution in [0.3, 0.4) is 0 Å². The summed E-state index contributed by atoms with van der Waals surface area (Å²) >= 11 is 0. The molecule has 5 heteroatoms. The monoisotopic (exact) mass is 346 g/mol. The van der Waals surface area contributed by atoms with Crippen LogP contribution >= 0.6 is 0 Å². The Bertz CT molecular complexity index is 551. The van der Waals surface area contributed by atoms with Crippen molar-refractivity contribution in [2.45, 2.75) is 25.4 Å². The van der Waals surface area contributed by atoms with Crippen LogP contribution < -0.4 is 0 Å². The molecule has 0 amide bonds. The van der Waals surface area contributed by atoms with Gasteiger partial charge in [-0.15, -0.1) is 0 Å². The first kappa shape index (κ1) is 18.4. The van der Waals surface area contributed by atoms with E-state index in [0.717, 1.165) is 52.3 Å². The van der Waals surface area contributed by atoms with Gasteiger partial charge in [0.05, 0.1) is 25.7 Å². The molecule has 1 aromatic carbocycles. The van der Waals surface area contributed by atoms with Crippen molar-refractivity contribution in [1.82, 2.24) is 9.80 Å². The van der Waals surface area contributed by atoms with Crippen LogP contribution in [0.1, 0.15) is 24.8 Å². The maximum Gasteiger partial charge on any atom is 0.309 e. The van der Waals surface area contributed by atoms with E-state index in [1.54, 1.807) is 0 Å². The number of rotatable bonds is 5. The highest BCUT2D eigenvalue weighted by atomic mass is 16.5. The van der Waals surface area contributed by atoms with E-state index >= 15 is 0 Å². The number of esters is 1. The Labute approximate surface area is 150 Å². The van der Waals surface area contributed by atoms with Crippen molar-refractivity contribution >= 4 is 5.97 Å². The molecule has 0 aliphatic carbocycles. The van der Waals surface area contributed by atoms with Gasteiger partial charge in [-0.05, 0) is 24.8 Å². The molecule has 2 fully saturated rings. The zero-order valence-corrected chi connectivity index (χ0v) is 15.4. The van der Waals surface area contributed by atoms with Crippen molar-refractivity contribution in [2.24, 2.45) is 5.92 Å². The molecule has 0 radical (unpaired) electrons. The van der Waals surface area contributed by atoms with Gasteiger partial charge in [0.25, 0.3) is 0 Å². The molecule has 0 unspecified atom stereocenters. The van der Waals surface area contributed by atoms with Gasteiger partial charge in [-0.2, -0.15) is 0 Å². The Hall–Kier alpha value is -1.43. The maximum absolute atomic E-state index is 12.2. The number of benzene rings is 1. The molecule has 3 rings (SSSR count). The first-order valence-electron chi connectivity index (χ1n) is 9.34. The molecule has 0 bridgehead atoms. The van der Waals surface area contributed by atoms with Gasteiger partial charge in [-0.3, -0.25) is 9.69 Å². The molecule has 2 aliphatic rings. The average molecular weight is 346 g/mol. The molecule has 0 spiro atoms. The van der Waals surface area contributed by atoms with Gasteiger partial charge < -0.3 is 14.4 Å². The molecule has 2 heterocycles. The van der Waals surface area contributed by atoms with Crippen molar-refractivity contribution in [3.8, 4) is 0 Å². The third-order valence-corrected chi connectivity index (χ3v) is 5.39.